The van der Waals surface area contributed by atoms with Gasteiger partial charge >= 0.3 is 0 Å². The van der Waals surface area contributed by atoms with Crippen LogP contribution in [0.2, 0.25) is 0 Å². The number of ether oxygens (including phenoxy) is 2. The fourth-order valence-corrected chi connectivity index (χ4v) is 3.23. The Morgan fingerprint density at radius 1 is 1.16 bits per heavy atom. The molecule has 3 rings (SSSR count). The molecular formula is C21H25NO3. The maximum absolute atomic E-state index is 12.7. The van der Waals surface area contributed by atoms with E-state index in [0.717, 1.165) is 43.0 Å². The summed E-state index contributed by atoms with van der Waals surface area (Å²) in [7, 11) is 1.63. The molecule has 0 radical (unpaired) electrons. The van der Waals surface area contributed by atoms with Gasteiger partial charge in [0.15, 0.2) is 0 Å². The number of amides is 1. The smallest absolute Gasteiger partial charge is 0.253 e. The number of benzene rings is 2. The van der Waals surface area contributed by atoms with Gasteiger partial charge in [0.1, 0.15) is 11.5 Å². The van der Waals surface area contributed by atoms with Crippen molar-refractivity contribution >= 4 is 5.91 Å². The lowest BCUT2D eigenvalue weighted by Gasteiger charge is -2.33. The third-order valence-corrected chi connectivity index (χ3v) is 4.71. The van der Waals surface area contributed by atoms with Crippen LogP contribution in [0.3, 0.4) is 0 Å². The summed E-state index contributed by atoms with van der Waals surface area (Å²) in [5.41, 5.74) is 1.85. The Labute approximate surface area is 149 Å². The van der Waals surface area contributed by atoms with E-state index in [1.165, 1.54) is 0 Å². The molecule has 2 aromatic carbocycles. The molecule has 1 saturated heterocycles. The first-order valence-electron chi connectivity index (χ1n) is 8.79. The highest BCUT2D eigenvalue weighted by molar-refractivity contribution is 5.94. The van der Waals surface area contributed by atoms with E-state index in [0.29, 0.717) is 18.1 Å². The summed E-state index contributed by atoms with van der Waals surface area (Å²) in [5.74, 6) is 2.15. The maximum Gasteiger partial charge on any atom is 0.253 e. The summed E-state index contributed by atoms with van der Waals surface area (Å²) < 4.78 is 11.1. The van der Waals surface area contributed by atoms with Gasteiger partial charge in [-0.15, -0.1) is 0 Å². The first-order chi connectivity index (χ1) is 12.2. The summed E-state index contributed by atoms with van der Waals surface area (Å²) in [6.45, 7) is 4.26. The largest absolute Gasteiger partial charge is 0.497 e. The van der Waals surface area contributed by atoms with Crippen molar-refractivity contribution in [2.45, 2.75) is 19.8 Å². The summed E-state index contributed by atoms with van der Waals surface area (Å²) in [6, 6.07) is 15.4. The van der Waals surface area contributed by atoms with Crippen molar-refractivity contribution in [3.05, 3.63) is 59.7 Å². The van der Waals surface area contributed by atoms with Gasteiger partial charge in [0, 0.05) is 24.6 Å². The number of para-hydroxylation sites is 1. The van der Waals surface area contributed by atoms with Crippen LogP contribution in [0.4, 0.5) is 0 Å². The van der Waals surface area contributed by atoms with Crippen molar-refractivity contribution < 1.29 is 14.3 Å². The first-order valence-corrected chi connectivity index (χ1v) is 8.79. The van der Waals surface area contributed by atoms with Gasteiger partial charge in [0.25, 0.3) is 5.91 Å². The van der Waals surface area contributed by atoms with E-state index in [9.17, 15) is 4.79 Å². The Morgan fingerprint density at radius 2 is 1.92 bits per heavy atom. The van der Waals surface area contributed by atoms with Gasteiger partial charge in [0.05, 0.1) is 13.7 Å². The monoisotopic (exact) mass is 339 g/mol. The second-order valence-electron chi connectivity index (χ2n) is 6.56. The molecule has 0 bridgehead atoms. The Bertz CT molecular complexity index is 711. The molecule has 25 heavy (non-hydrogen) atoms. The van der Waals surface area contributed by atoms with E-state index in [4.69, 9.17) is 9.47 Å². The standard InChI is InChI=1S/C21H25NO3/c1-16-6-3-4-8-20(16)25-15-17-7-5-13-22(14-17)21(23)18-9-11-19(24-2)12-10-18/h3-4,6,8-12,17H,5,7,13-15H2,1-2H3. The van der Waals surface area contributed by atoms with Crippen molar-refractivity contribution in [1.29, 1.82) is 0 Å². The van der Waals surface area contributed by atoms with Crippen LogP contribution >= 0.6 is 0 Å². The molecule has 1 unspecified atom stereocenters. The molecule has 4 heteroatoms. The molecule has 1 aliphatic heterocycles. The van der Waals surface area contributed by atoms with Gasteiger partial charge < -0.3 is 14.4 Å². The van der Waals surface area contributed by atoms with Crippen LogP contribution in [0.5, 0.6) is 11.5 Å². The molecule has 0 spiro atoms. The second-order valence-corrected chi connectivity index (χ2v) is 6.56. The van der Waals surface area contributed by atoms with E-state index in [2.05, 4.69) is 13.0 Å². The molecule has 1 heterocycles. The highest BCUT2D eigenvalue weighted by Crippen LogP contribution is 2.22. The van der Waals surface area contributed by atoms with Crippen LogP contribution in [0.25, 0.3) is 0 Å². The van der Waals surface area contributed by atoms with Crippen molar-refractivity contribution in [2.75, 3.05) is 26.8 Å². The van der Waals surface area contributed by atoms with E-state index >= 15 is 0 Å². The molecule has 1 fully saturated rings. The Morgan fingerprint density at radius 3 is 2.64 bits per heavy atom. The second kappa shape index (κ2) is 8.06. The number of likely N-dealkylation sites (tertiary alicyclic amines) is 1. The molecule has 132 valence electrons. The Kier molecular flexibility index (Phi) is 5.59. The van der Waals surface area contributed by atoms with Crippen LogP contribution in [-0.2, 0) is 0 Å². The van der Waals surface area contributed by atoms with Crippen molar-refractivity contribution in [3.63, 3.8) is 0 Å². The summed E-state index contributed by atoms with van der Waals surface area (Å²) in [4.78, 5) is 14.7. The molecule has 0 saturated carbocycles. The molecule has 0 N–H and O–H groups in total. The Balaban J connectivity index is 1.58. The van der Waals surface area contributed by atoms with Gasteiger partial charge in [0.2, 0.25) is 0 Å². The number of carbonyl (C=O) groups is 1. The zero-order valence-electron chi connectivity index (χ0n) is 14.9. The fraction of sp³-hybridized carbons (Fsp3) is 0.381. The van der Waals surface area contributed by atoms with Crippen molar-refractivity contribution in [1.82, 2.24) is 4.90 Å². The number of rotatable bonds is 5. The van der Waals surface area contributed by atoms with Crippen molar-refractivity contribution in [2.24, 2.45) is 5.92 Å². The quantitative estimate of drug-likeness (QED) is 0.828. The molecule has 4 nitrogen and oxygen atoms in total. The highest BCUT2D eigenvalue weighted by atomic mass is 16.5. The number of hydrogen-bond donors (Lipinski definition) is 0. The number of aryl methyl sites for hydroxylation is 1. The van der Waals surface area contributed by atoms with Crippen LogP contribution in [0.1, 0.15) is 28.8 Å². The lowest BCUT2D eigenvalue weighted by molar-refractivity contribution is 0.0633. The molecule has 1 amide bonds. The summed E-state index contributed by atoms with van der Waals surface area (Å²) in [6.07, 6.45) is 2.11. The average molecular weight is 339 g/mol. The van der Waals surface area contributed by atoms with Gasteiger partial charge in [-0.2, -0.15) is 0 Å². The maximum atomic E-state index is 12.7. The van der Waals surface area contributed by atoms with Gasteiger partial charge in [-0.05, 0) is 55.7 Å². The molecule has 0 aliphatic carbocycles. The normalized spacial score (nSPS) is 17.2. The van der Waals surface area contributed by atoms with Gasteiger partial charge in [-0.25, -0.2) is 0 Å². The van der Waals surface area contributed by atoms with Crippen LogP contribution in [-0.4, -0.2) is 37.6 Å². The minimum absolute atomic E-state index is 0.0863. The minimum Gasteiger partial charge on any atom is -0.497 e. The lowest BCUT2D eigenvalue weighted by atomic mass is 9.98. The van der Waals surface area contributed by atoms with Crippen LogP contribution in [0, 0.1) is 12.8 Å². The number of carbonyl (C=O) groups excluding carboxylic acids is 1. The third-order valence-electron chi connectivity index (χ3n) is 4.71. The molecular weight excluding hydrogens is 314 g/mol. The molecule has 1 atom stereocenters. The predicted molar refractivity (Wildman–Crippen MR) is 98.3 cm³/mol. The van der Waals surface area contributed by atoms with Crippen LogP contribution < -0.4 is 9.47 Å². The number of methoxy groups -OCH3 is 1. The zero-order valence-corrected chi connectivity index (χ0v) is 14.9. The number of nitrogens with zero attached hydrogens (tertiary/aromatic N) is 1. The highest BCUT2D eigenvalue weighted by Gasteiger charge is 2.25. The topological polar surface area (TPSA) is 38.8 Å². The minimum atomic E-state index is 0.0863. The molecule has 0 aromatic heterocycles. The molecule has 1 aliphatic rings. The van der Waals surface area contributed by atoms with E-state index in [1.807, 2.05) is 47.4 Å². The van der Waals surface area contributed by atoms with Gasteiger partial charge in [-0.3, -0.25) is 4.79 Å². The SMILES string of the molecule is COc1ccc(C(=O)N2CCCC(COc3ccccc3C)C2)cc1. The lowest BCUT2D eigenvalue weighted by Crippen LogP contribution is -2.41. The van der Waals surface area contributed by atoms with Gasteiger partial charge in [-0.1, -0.05) is 18.2 Å². The van der Waals surface area contributed by atoms with Crippen molar-refractivity contribution in [3.8, 4) is 11.5 Å². The summed E-state index contributed by atoms with van der Waals surface area (Å²) >= 11 is 0. The summed E-state index contributed by atoms with van der Waals surface area (Å²) in [5, 5.41) is 0. The average Bonchev–Trinajstić information content (AvgIpc) is 2.67. The molecule has 2 aromatic rings. The fourth-order valence-electron chi connectivity index (χ4n) is 3.23. The van der Waals surface area contributed by atoms with E-state index in [-0.39, 0.29) is 5.91 Å². The number of hydrogen-bond acceptors (Lipinski definition) is 3. The predicted octanol–water partition coefficient (Wildman–Crippen LogP) is 3.93. The van der Waals surface area contributed by atoms with E-state index in [1.54, 1.807) is 7.11 Å². The first kappa shape index (κ1) is 17.3. The third kappa shape index (κ3) is 4.32. The Hall–Kier alpha value is -2.49. The van der Waals surface area contributed by atoms with Crippen LogP contribution in [0.15, 0.2) is 48.5 Å². The zero-order chi connectivity index (χ0) is 17.6. The number of piperidine rings is 1. The van der Waals surface area contributed by atoms with E-state index < -0.39 is 0 Å².